The maximum absolute atomic E-state index is 11.2. The molecule has 0 bridgehead atoms. The molecule has 0 saturated heterocycles. The lowest BCUT2D eigenvalue weighted by Crippen LogP contribution is -2.13. The molecule has 0 atom stereocenters. The summed E-state index contributed by atoms with van der Waals surface area (Å²) in [7, 11) is 0. The van der Waals surface area contributed by atoms with Gasteiger partial charge in [0.1, 0.15) is 0 Å². The zero-order valence-corrected chi connectivity index (χ0v) is 7.58. The van der Waals surface area contributed by atoms with Gasteiger partial charge < -0.3 is 0 Å². The van der Waals surface area contributed by atoms with E-state index in [2.05, 4.69) is 5.10 Å². The van der Waals surface area contributed by atoms with E-state index in [0.717, 1.165) is 0 Å². The van der Waals surface area contributed by atoms with Crippen molar-refractivity contribution in [2.75, 3.05) is 0 Å². The number of nitrogens with zero attached hydrogens (tertiary/aromatic N) is 2. The van der Waals surface area contributed by atoms with Crippen LogP contribution in [0.5, 0.6) is 0 Å². The maximum Gasteiger partial charge on any atom is 0.271 e. The number of aromatic amines is 1. The van der Waals surface area contributed by atoms with E-state index in [1.807, 2.05) is 0 Å². The van der Waals surface area contributed by atoms with Gasteiger partial charge in [0.15, 0.2) is 0 Å². The van der Waals surface area contributed by atoms with Gasteiger partial charge in [-0.25, -0.2) is 4.68 Å². The number of nitro benzene ring substituents is 1. The van der Waals surface area contributed by atoms with Crippen LogP contribution >= 0.6 is 0 Å². The standard InChI is InChI=1S/C9H7N3O3/c13-9-5-6-10-11(9)7-1-3-8(4-2-7)12(14)15/h1-6,10H. The second kappa shape index (κ2) is 3.41. The van der Waals surface area contributed by atoms with Crippen molar-refractivity contribution in [2.24, 2.45) is 0 Å². The van der Waals surface area contributed by atoms with E-state index < -0.39 is 4.92 Å². The molecule has 6 nitrogen and oxygen atoms in total. The van der Waals surface area contributed by atoms with Crippen LogP contribution in [0.15, 0.2) is 41.3 Å². The van der Waals surface area contributed by atoms with Crippen LogP contribution in [-0.4, -0.2) is 14.7 Å². The van der Waals surface area contributed by atoms with Crippen molar-refractivity contribution >= 4 is 5.69 Å². The number of hydrogen-bond acceptors (Lipinski definition) is 3. The molecule has 0 aliphatic heterocycles. The zero-order valence-electron chi connectivity index (χ0n) is 7.58. The minimum Gasteiger partial charge on any atom is -0.298 e. The van der Waals surface area contributed by atoms with Crippen LogP contribution in [0.1, 0.15) is 0 Å². The van der Waals surface area contributed by atoms with Crippen LogP contribution in [0, 0.1) is 10.1 Å². The largest absolute Gasteiger partial charge is 0.298 e. The number of H-pyrrole nitrogens is 1. The summed E-state index contributed by atoms with van der Waals surface area (Å²) in [6.07, 6.45) is 1.50. The number of benzene rings is 1. The third kappa shape index (κ3) is 1.64. The second-order valence-electron chi connectivity index (χ2n) is 2.91. The molecule has 2 rings (SSSR count). The third-order valence-electron chi connectivity index (χ3n) is 1.97. The van der Waals surface area contributed by atoms with E-state index in [1.165, 1.54) is 41.2 Å². The topological polar surface area (TPSA) is 80.9 Å². The van der Waals surface area contributed by atoms with Gasteiger partial charge in [0.05, 0.1) is 10.6 Å². The van der Waals surface area contributed by atoms with Crippen molar-refractivity contribution < 1.29 is 4.92 Å². The smallest absolute Gasteiger partial charge is 0.271 e. The van der Waals surface area contributed by atoms with Crippen molar-refractivity contribution in [1.82, 2.24) is 9.78 Å². The van der Waals surface area contributed by atoms with E-state index in [4.69, 9.17) is 0 Å². The Morgan fingerprint density at radius 1 is 1.20 bits per heavy atom. The summed E-state index contributed by atoms with van der Waals surface area (Å²) in [4.78, 5) is 21.1. The van der Waals surface area contributed by atoms with E-state index in [0.29, 0.717) is 5.69 Å². The van der Waals surface area contributed by atoms with Gasteiger partial charge in [0.2, 0.25) is 0 Å². The predicted molar refractivity (Wildman–Crippen MR) is 53.0 cm³/mol. The van der Waals surface area contributed by atoms with E-state index in [1.54, 1.807) is 0 Å². The number of nitrogens with one attached hydrogen (secondary N) is 1. The minimum atomic E-state index is -0.485. The molecule has 0 radical (unpaired) electrons. The molecule has 0 saturated carbocycles. The molecule has 0 spiro atoms. The maximum atomic E-state index is 11.2. The predicted octanol–water partition coefficient (Wildman–Crippen LogP) is 1.07. The quantitative estimate of drug-likeness (QED) is 0.588. The highest BCUT2D eigenvalue weighted by Gasteiger charge is 2.05. The molecule has 1 aromatic carbocycles. The molecule has 6 heteroatoms. The van der Waals surface area contributed by atoms with Gasteiger partial charge in [-0.05, 0) is 12.1 Å². The molecular formula is C9H7N3O3. The fourth-order valence-corrected chi connectivity index (χ4v) is 1.25. The Hall–Kier alpha value is -2.37. The Kier molecular flexibility index (Phi) is 2.09. The summed E-state index contributed by atoms with van der Waals surface area (Å²) in [5.41, 5.74) is 0.359. The lowest BCUT2D eigenvalue weighted by atomic mass is 10.3. The number of aromatic nitrogens is 2. The number of hydrogen-bond donors (Lipinski definition) is 1. The molecule has 0 unspecified atom stereocenters. The molecular weight excluding hydrogens is 198 g/mol. The number of non-ortho nitro benzene ring substituents is 1. The zero-order chi connectivity index (χ0) is 10.8. The summed E-state index contributed by atoms with van der Waals surface area (Å²) in [5.74, 6) is 0. The first-order chi connectivity index (χ1) is 7.18. The molecule has 0 aliphatic rings. The number of rotatable bonds is 2. The molecule has 1 N–H and O–H groups in total. The van der Waals surface area contributed by atoms with Gasteiger partial charge >= 0.3 is 0 Å². The average molecular weight is 205 g/mol. The van der Waals surface area contributed by atoms with Crippen molar-refractivity contribution in [3.8, 4) is 5.69 Å². The fourth-order valence-electron chi connectivity index (χ4n) is 1.25. The summed E-state index contributed by atoms with van der Waals surface area (Å²) < 4.78 is 1.30. The Bertz CT molecular complexity index is 538. The Balaban J connectivity index is 2.44. The minimum absolute atomic E-state index is 0.00152. The molecule has 1 heterocycles. The summed E-state index contributed by atoms with van der Waals surface area (Å²) >= 11 is 0. The first kappa shape index (κ1) is 9.20. The van der Waals surface area contributed by atoms with E-state index in [9.17, 15) is 14.9 Å². The molecule has 76 valence electrons. The van der Waals surface area contributed by atoms with E-state index in [-0.39, 0.29) is 11.2 Å². The van der Waals surface area contributed by atoms with Crippen molar-refractivity contribution in [3.05, 3.63) is 57.0 Å². The lowest BCUT2D eigenvalue weighted by molar-refractivity contribution is -0.384. The van der Waals surface area contributed by atoms with Crippen LogP contribution in [0.25, 0.3) is 5.69 Å². The fraction of sp³-hybridized carbons (Fsp3) is 0. The van der Waals surface area contributed by atoms with Crippen LogP contribution in [0.3, 0.4) is 0 Å². The van der Waals surface area contributed by atoms with Gasteiger partial charge in [0.25, 0.3) is 11.2 Å². The second-order valence-corrected chi connectivity index (χ2v) is 2.91. The first-order valence-electron chi connectivity index (χ1n) is 4.20. The molecule has 15 heavy (non-hydrogen) atoms. The molecule has 0 fully saturated rings. The van der Waals surface area contributed by atoms with Gasteiger partial charge in [-0.2, -0.15) is 0 Å². The number of nitro groups is 1. The molecule has 2 aromatic rings. The van der Waals surface area contributed by atoms with Crippen LogP contribution in [-0.2, 0) is 0 Å². The van der Waals surface area contributed by atoms with Gasteiger partial charge in [-0.1, -0.05) is 0 Å². The van der Waals surface area contributed by atoms with Gasteiger partial charge in [-0.3, -0.25) is 20.0 Å². The normalized spacial score (nSPS) is 10.1. The molecule has 0 aliphatic carbocycles. The summed E-state index contributed by atoms with van der Waals surface area (Å²) in [5, 5.41) is 13.1. The van der Waals surface area contributed by atoms with Gasteiger partial charge in [0, 0.05) is 24.4 Å². The highest BCUT2D eigenvalue weighted by molar-refractivity contribution is 5.40. The third-order valence-corrected chi connectivity index (χ3v) is 1.97. The van der Waals surface area contributed by atoms with Crippen LogP contribution in [0.2, 0.25) is 0 Å². The summed E-state index contributed by atoms with van der Waals surface area (Å²) in [6, 6.07) is 7.10. The van der Waals surface area contributed by atoms with Crippen molar-refractivity contribution in [3.63, 3.8) is 0 Å². The Labute approximate surface area is 83.9 Å². The highest BCUT2D eigenvalue weighted by atomic mass is 16.6. The van der Waals surface area contributed by atoms with Crippen LogP contribution < -0.4 is 5.56 Å². The molecule has 1 aromatic heterocycles. The summed E-state index contributed by atoms with van der Waals surface area (Å²) in [6.45, 7) is 0. The SMILES string of the molecule is O=c1cc[nH]n1-c1ccc([N+](=O)[O-])cc1. The lowest BCUT2D eigenvalue weighted by Gasteiger charge is -1.99. The highest BCUT2D eigenvalue weighted by Crippen LogP contribution is 2.13. The first-order valence-corrected chi connectivity index (χ1v) is 4.20. The van der Waals surface area contributed by atoms with Crippen LogP contribution in [0.4, 0.5) is 5.69 Å². The Morgan fingerprint density at radius 2 is 1.87 bits per heavy atom. The average Bonchev–Trinajstić information content (AvgIpc) is 2.65. The monoisotopic (exact) mass is 205 g/mol. The van der Waals surface area contributed by atoms with Crippen molar-refractivity contribution in [2.45, 2.75) is 0 Å². The molecule has 0 amide bonds. The Morgan fingerprint density at radius 3 is 2.33 bits per heavy atom. The van der Waals surface area contributed by atoms with Gasteiger partial charge in [-0.15, -0.1) is 0 Å². The van der Waals surface area contributed by atoms with E-state index >= 15 is 0 Å². The van der Waals surface area contributed by atoms with Crippen molar-refractivity contribution in [1.29, 1.82) is 0 Å².